The van der Waals surface area contributed by atoms with Crippen LogP contribution in [-0.2, 0) is 0 Å². The second kappa shape index (κ2) is 6.76. The van der Waals surface area contributed by atoms with Crippen molar-refractivity contribution in [1.82, 2.24) is 0 Å². The van der Waals surface area contributed by atoms with E-state index in [9.17, 15) is 28.6 Å². The van der Waals surface area contributed by atoms with E-state index in [1.165, 1.54) is 38.1 Å². The molecule has 0 aromatic heterocycles. The Kier molecular flexibility index (Phi) is 4.47. The molecule has 0 unspecified atom stereocenters. The van der Waals surface area contributed by atoms with Gasteiger partial charge in [-0.2, -0.15) is 26.3 Å². The molecule has 2 aromatic rings. The molecule has 4 nitrogen and oxygen atoms in total. The number of allylic oxidation sites excluding steroid dienone is 2. The van der Waals surface area contributed by atoms with Crippen molar-refractivity contribution in [3.63, 3.8) is 0 Å². The molecule has 2 aliphatic heterocycles. The summed E-state index contributed by atoms with van der Waals surface area (Å²) in [4.78, 5) is 23.4. The van der Waals surface area contributed by atoms with Gasteiger partial charge >= 0.3 is 29.7 Å². The lowest BCUT2D eigenvalue weighted by Crippen LogP contribution is -2.47. The van der Waals surface area contributed by atoms with Crippen LogP contribution in [0.3, 0.4) is 0 Å². The van der Waals surface area contributed by atoms with Gasteiger partial charge in [-0.05, 0) is 60.4 Å². The van der Waals surface area contributed by atoms with Crippen LogP contribution in [0.5, 0.6) is 0 Å². The van der Waals surface area contributed by atoms with Crippen molar-refractivity contribution in [2.24, 2.45) is 0 Å². The van der Waals surface area contributed by atoms with Gasteiger partial charge in [-0.1, -0.05) is 12.1 Å². The topological polar surface area (TPSA) is 74.6 Å². The molecule has 0 amide bonds. The number of aromatic carboxylic acids is 2. The summed E-state index contributed by atoms with van der Waals surface area (Å²) < 4.78 is 88.7. The normalized spacial score (nSPS) is 29.4. The molecule has 2 N–H and O–H groups in total. The first kappa shape index (κ1) is 24.5. The fourth-order valence-corrected chi connectivity index (χ4v) is 9.04. The molecule has 0 radical (unpaired) electrons. The molecule has 6 rings (SSSR count). The van der Waals surface area contributed by atoms with E-state index in [2.05, 4.69) is 0 Å². The van der Waals surface area contributed by atoms with Crippen LogP contribution in [0, 0.1) is 0 Å². The van der Waals surface area contributed by atoms with Crippen LogP contribution in [0.2, 0.25) is 0 Å². The largest absolute Gasteiger partial charge is 0.478 e. The quantitative estimate of drug-likeness (QED) is 0.390. The summed E-state index contributed by atoms with van der Waals surface area (Å²) in [7, 11) is 0. The number of hydrogen-bond donors (Lipinski definition) is 2. The molecule has 2 aliphatic carbocycles. The highest BCUT2D eigenvalue weighted by molar-refractivity contribution is 8.06. The average Bonchev–Trinajstić information content (AvgIpc) is 3.31. The third-order valence-electron chi connectivity index (χ3n) is 7.66. The molecule has 4 aliphatic rings. The first-order valence-electron chi connectivity index (χ1n) is 10.8. The van der Waals surface area contributed by atoms with Crippen LogP contribution < -0.4 is 0 Å². The molecule has 0 bridgehead atoms. The SMILES string of the molecule is C[C@@]12Sc3cc(C(=O)O)ccc3C1=C1C(=C3c4ccc(C(=O)O)cc4S[C@]32C)C(F)(F)C(F)(F)C1(F)F. The fraction of sp³-hybridized carbons (Fsp3) is 0.280. The Hall–Kier alpha value is -2.86. The number of carbonyl (C=O) groups is 2. The number of fused-ring (bicyclic) bond motifs is 8. The van der Waals surface area contributed by atoms with E-state index in [0.29, 0.717) is 0 Å². The summed E-state index contributed by atoms with van der Waals surface area (Å²) in [6.45, 7) is 2.97. The lowest BCUT2D eigenvalue weighted by atomic mass is 9.68. The second-order valence-corrected chi connectivity index (χ2v) is 12.4. The Morgan fingerprint density at radius 3 is 1.32 bits per heavy atom. The van der Waals surface area contributed by atoms with Crippen LogP contribution in [0.1, 0.15) is 45.7 Å². The summed E-state index contributed by atoms with van der Waals surface area (Å²) in [5.74, 6) is -18.8. The fourth-order valence-electron chi connectivity index (χ4n) is 5.76. The number of hydrogen-bond acceptors (Lipinski definition) is 4. The molecule has 12 heteroatoms. The van der Waals surface area contributed by atoms with Crippen molar-refractivity contribution >= 4 is 46.6 Å². The van der Waals surface area contributed by atoms with Crippen molar-refractivity contribution in [2.75, 3.05) is 0 Å². The van der Waals surface area contributed by atoms with Gasteiger partial charge in [-0.15, -0.1) is 23.5 Å². The minimum absolute atomic E-state index is 0.0127. The van der Waals surface area contributed by atoms with E-state index < -0.39 is 61.5 Å². The monoisotopic (exact) mass is 556 g/mol. The zero-order valence-corrected chi connectivity index (χ0v) is 20.4. The zero-order chi connectivity index (χ0) is 27.1. The first-order chi connectivity index (χ1) is 17.0. The van der Waals surface area contributed by atoms with Crippen LogP contribution >= 0.6 is 23.5 Å². The molecule has 1 saturated carbocycles. The summed E-state index contributed by atoms with van der Waals surface area (Å²) in [5, 5.41) is 18.8. The summed E-state index contributed by atoms with van der Waals surface area (Å²) in [6.07, 6.45) is 0. The maximum atomic E-state index is 15.5. The van der Waals surface area contributed by atoms with Gasteiger partial charge in [0.15, 0.2) is 0 Å². The Morgan fingerprint density at radius 1 is 0.649 bits per heavy atom. The minimum Gasteiger partial charge on any atom is -0.478 e. The number of thioether (sulfide) groups is 2. The Labute approximate surface area is 213 Å². The highest BCUT2D eigenvalue weighted by Crippen LogP contribution is 2.78. The van der Waals surface area contributed by atoms with E-state index in [1.54, 1.807) is 0 Å². The standard InChI is InChI=1S/C25H14F6O4S2/c1-21-15(11-5-3-9(19(32)33)7-13(11)36-21)17-18(24(28,29)25(30,31)23(17,26)27)16-12-6-4-10(20(34)35)8-14(12)37-22(16,21)2/h3-8H,1-2H3,(H,32,33)(H,34,35)/t21-,22-/m1/s1. The first-order valence-corrected chi connectivity index (χ1v) is 12.4. The van der Waals surface area contributed by atoms with Gasteiger partial charge in [0.25, 0.3) is 0 Å². The van der Waals surface area contributed by atoms with E-state index in [-0.39, 0.29) is 32.0 Å². The predicted molar refractivity (Wildman–Crippen MR) is 124 cm³/mol. The van der Waals surface area contributed by atoms with Crippen molar-refractivity contribution in [3.8, 4) is 0 Å². The van der Waals surface area contributed by atoms with Gasteiger partial charge in [0.2, 0.25) is 0 Å². The third kappa shape index (κ3) is 2.56. The highest BCUT2D eigenvalue weighted by Gasteiger charge is 2.84. The van der Waals surface area contributed by atoms with E-state index in [4.69, 9.17) is 0 Å². The van der Waals surface area contributed by atoms with Gasteiger partial charge < -0.3 is 10.2 Å². The van der Waals surface area contributed by atoms with E-state index in [0.717, 1.165) is 35.7 Å². The number of alkyl halides is 6. The second-order valence-electron chi connectivity index (χ2n) is 9.53. The van der Waals surface area contributed by atoms with Crippen molar-refractivity contribution < 1.29 is 46.1 Å². The van der Waals surface area contributed by atoms with Gasteiger partial charge in [0.1, 0.15) is 0 Å². The molecule has 192 valence electrons. The summed E-state index contributed by atoms with van der Waals surface area (Å²) in [6, 6.07) is 7.01. The van der Waals surface area contributed by atoms with Gasteiger partial charge in [-0.3, -0.25) is 0 Å². The van der Waals surface area contributed by atoms with Crippen LogP contribution in [0.4, 0.5) is 26.3 Å². The van der Waals surface area contributed by atoms with E-state index in [1.807, 2.05) is 0 Å². The number of rotatable bonds is 2. The number of benzene rings is 2. The predicted octanol–water partition coefficient (Wildman–Crippen LogP) is 6.95. The summed E-state index contributed by atoms with van der Waals surface area (Å²) in [5.41, 5.74) is -4.09. The third-order valence-corrected chi connectivity index (χ3v) is 10.9. The Bertz CT molecular complexity index is 1450. The maximum absolute atomic E-state index is 15.5. The minimum atomic E-state index is -5.74. The molecular formula is C25H14F6O4S2. The highest BCUT2D eigenvalue weighted by atomic mass is 32.2. The Balaban J connectivity index is 1.77. The average molecular weight is 557 g/mol. The van der Waals surface area contributed by atoms with Crippen LogP contribution in [0.25, 0.3) is 11.1 Å². The maximum Gasteiger partial charge on any atom is 0.380 e. The number of carboxylic acids is 2. The van der Waals surface area contributed by atoms with Crippen molar-refractivity contribution in [2.45, 2.75) is 50.9 Å². The smallest absolute Gasteiger partial charge is 0.380 e. The molecule has 1 fully saturated rings. The molecule has 37 heavy (non-hydrogen) atoms. The molecule has 2 aromatic carbocycles. The molecule has 0 saturated heterocycles. The van der Waals surface area contributed by atoms with Crippen LogP contribution in [0.15, 0.2) is 57.3 Å². The van der Waals surface area contributed by atoms with Crippen LogP contribution in [-0.4, -0.2) is 49.4 Å². The van der Waals surface area contributed by atoms with Crippen molar-refractivity contribution in [1.29, 1.82) is 0 Å². The Morgan fingerprint density at radius 2 is 1.00 bits per heavy atom. The lowest BCUT2D eigenvalue weighted by Gasteiger charge is -2.47. The van der Waals surface area contributed by atoms with Gasteiger partial charge in [-0.25, -0.2) is 9.59 Å². The summed E-state index contributed by atoms with van der Waals surface area (Å²) >= 11 is 1.89. The number of carboxylic acid groups (broad SMARTS) is 2. The molecular weight excluding hydrogens is 542 g/mol. The lowest BCUT2D eigenvalue weighted by molar-refractivity contribution is -0.257. The molecule has 2 atom stereocenters. The van der Waals surface area contributed by atoms with Gasteiger partial charge in [0, 0.05) is 20.9 Å². The van der Waals surface area contributed by atoms with E-state index >= 15 is 17.6 Å². The number of halogens is 6. The molecule has 0 spiro atoms. The van der Waals surface area contributed by atoms with Crippen molar-refractivity contribution in [3.05, 3.63) is 69.8 Å². The van der Waals surface area contributed by atoms with Gasteiger partial charge in [0.05, 0.1) is 20.6 Å². The zero-order valence-electron chi connectivity index (χ0n) is 18.8. The molecule has 2 heterocycles.